The fourth-order valence-electron chi connectivity index (χ4n) is 2.25. The molecule has 0 bridgehead atoms. The molecular weight excluding hydrogens is 276 g/mol. The maximum absolute atomic E-state index is 12.2. The molecule has 2 rings (SSSR count). The van der Waals surface area contributed by atoms with Gasteiger partial charge in [0.2, 0.25) is 11.7 Å². The molecule has 0 aliphatic carbocycles. The highest BCUT2D eigenvalue weighted by Crippen LogP contribution is 2.14. The van der Waals surface area contributed by atoms with Crippen LogP contribution in [0.4, 0.5) is 0 Å². The van der Waals surface area contributed by atoms with Crippen LogP contribution in [0.25, 0.3) is 0 Å². The Bertz CT molecular complexity index is 519. The standard InChI is InChI=1S/C14H20N2O5/c1-9-7-11(21-12(9)14(18)19)8-15-10(2)13(17)16-3-5-20-6-4-16/h7,10,15H,3-6,8H2,1-2H3,(H,18,19). The van der Waals surface area contributed by atoms with Gasteiger partial charge in [0, 0.05) is 18.7 Å². The number of nitrogens with one attached hydrogen (secondary N) is 1. The fourth-order valence-corrected chi connectivity index (χ4v) is 2.25. The Hall–Kier alpha value is -1.86. The zero-order chi connectivity index (χ0) is 15.4. The molecule has 7 nitrogen and oxygen atoms in total. The molecule has 1 unspecified atom stereocenters. The van der Waals surface area contributed by atoms with Crippen molar-refractivity contribution in [3.8, 4) is 0 Å². The first-order valence-corrected chi connectivity index (χ1v) is 6.91. The Morgan fingerprint density at radius 3 is 2.67 bits per heavy atom. The highest BCUT2D eigenvalue weighted by atomic mass is 16.5. The number of amides is 1. The van der Waals surface area contributed by atoms with Gasteiger partial charge in [-0.25, -0.2) is 4.79 Å². The minimum Gasteiger partial charge on any atom is -0.475 e. The number of rotatable bonds is 5. The number of aryl methyl sites for hydroxylation is 1. The number of aromatic carboxylic acids is 1. The Balaban J connectivity index is 1.88. The van der Waals surface area contributed by atoms with Crippen molar-refractivity contribution in [2.45, 2.75) is 26.4 Å². The summed E-state index contributed by atoms with van der Waals surface area (Å²) < 4.78 is 10.5. The number of carbonyl (C=O) groups excluding carboxylic acids is 1. The van der Waals surface area contributed by atoms with Gasteiger partial charge in [-0.1, -0.05) is 0 Å². The van der Waals surface area contributed by atoms with Crippen LogP contribution in [-0.2, 0) is 16.1 Å². The molecule has 1 aromatic rings. The molecule has 1 amide bonds. The fraction of sp³-hybridized carbons (Fsp3) is 0.571. The van der Waals surface area contributed by atoms with Gasteiger partial charge in [-0.3, -0.25) is 10.1 Å². The van der Waals surface area contributed by atoms with Crippen molar-refractivity contribution in [1.82, 2.24) is 10.2 Å². The van der Waals surface area contributed by atoms with E-state index in [4.69, 9.17) is 14.3 Å². The van der Waals surface area contributed by atoms with Gasteiger partial charge in [-0.05, 0) is 19.9 Å². The van der Waals surface area contributed by atoms with Crippen LogP contribution in [0.15, 0.2) is 10.5 Å². The van der Waals surface area contributed by atoms with Crippen LogP contribution >= 0.6 is 0 Å². The molecule has 1 atom stereocenters. The van der Waals surface area contributed by atoms with Gasteiger partial charge in [0.1, 0.15) is 5.76 Å². The SMILES string of the molecule is Cc1cc(CNC(C)C(=O)N2CCOCC2)oc1C(=O)O. The van der Waals surface area contributed by atoms with Crippen molar-refractivity contribution in [3.05, 3.63) is 23.2 Å². The number of morpholine rings is 1. The zero-order valence-electron chi connectivity index (χ0n) is 12.2. The molecule has 21 heavy (non-hydrogen) atoms. The Morgan fingerprint density at radius 2 is 2.10 bits per heavy atom. The number of carbonyl (C=O) groups is 2. The van der Waals surface area contributed by atoms with E-state index in [9.17, 15) is 9.59 Å². The van der Waals surface area contributed by atoms with Crippen molar-refractivity contribution >= 4 is 11.9 Å². The summed E-state index contributed by atoms with van der Waals surface area (Å²) >= 11 is 0. The summed E-state index contributed by atoms with van der Waals surface area (Å²) in [5.41, 5.74) is 0.575. The summed E-state index contributed by atoms with van der Waals surface area (Å²) in [5, 5.41) is 12.0. The van der Waals surface area contributed by atoms with E-state index in [0.29, 0.717) is 44.2 Å². The van der Waals surface area contributed by atoms with Crippen LogP contribution < -0.4 is 5.32 Å². The molecule has 1 fully saturated rings. The van der Waals surface area contributed by atoms with Gasteiger partial charge in [0.05, 0.1) is 25.8 Å². The highest BCUT2D eigenvalue weighted by Gasteiger charge is 2.22. The molecule has 0 saturated carbocycles. The first kappa shape index (κ1) is 15.5. The third-order valence-electron chi connectivity index (χ3n) is 3.44. The lowest BCUT2D eigenvalue weighted by Crippen LogP contribution is -2.49. The van der Waals surface area contributed by atoms with Crippen molar-refractivity contribution in [3.63, 3.8) is 0 Å². The minimum atomic E-state index is -1.09. The molecule has 1 aromatic heterocycles. The Kier molecular flexibility index (Phi) is 4.98. The topological polar surface area (TPSA) is 92.0 Å². The first-order chi connectivity index (χ1) is 9.99. The molecule has 116 valence electrons. The normalized spacial score (nSPS) is 16.8. The van der Waals surface area contributed by atoms with Crippen LogP contribution in [0.2, 0.25) is 0 Å². The van der Waals surface area contributed by atoms with E-state index in [1.807, 2.05) is 0 Å². The second-order valence-corrected chi connectivity index (χ2v) is 5.07. The highest BCUT2D eigenvalue weighted by molar-refractivity contribution is 5.86. The van der Waals surface area contributed by atoms with Crippen LogP contribution in [0, 0.1) is 6.92 Å². The molecule has 0 aromatic carbocycles. The summed E-state index contributed by atoms with van der Waals surface area (Å²) in [6.07, 6.45) is 0. The second-order valence-electron chi connectivity index (χ2n) is 5.07. The summed E-state index contributed by atoms with van der Waals surface area (Å²) in [5.74, 6) is -0.623. The Labute approximate surface area is 122 Å². The molecule has 0 radical (unpaired) electrons. The molecule has 1 aliphatic heterocycles. The minimum absolute atomic E-state index is 0.0139. The van der Waals surface area contributed by atoms with Crippen LogP contribution in [-0.4, -0.2) is 54.2 Å². The number of carboxylic acid groups (broad SMARTS) is 1. The van der Waals surface area contributed by atoms with Crippen LogP contribution in [0.5, 0.6) is 0 Å². The van der Waals surface area contributed by atoms with E-state index in [1.54, 1.807) is 24.8 Å². The number of carboxylic acids is 1. The average Bonchev–Trinajstić information content (AvgIpc) is 2.86. The maximum Gasteiger partial charge on any atom is 0.372 e. The quantitative estimate of drug-likeness (QED) is 0.827. The lowest BCUT2D eigenvalue weighted by atomic mass is 10.2. The van der Waals surface area contributed by atoms with Gasteiger partial charge in [0.25, 0.3) is 0 Å². The van der Waals surface area contributed by atoms with Crippen LogP contribution in [0.1, 0.15) is 28.8 Å². The molecule has 0 spiro atoms. The average molecular weight is 296 g/mol. The molecular formula is C14H20N2O5. The summed E-state index contributed by atoms with van der Waals surface area (Å²) in [7, 11) is 0. The summed E-state index contributed by atoms with van der Waals surface area (Å²) in [6, 6.07) is 1.31. The van der Waals surface area contributed by atoms with Crippen molar-refractivity contribution < 1.29 is 23.8 Å². The van der Waals surface area contributed by atoms with Crippen molar-refractivity contribution in [1.29, 1.82) is 0 Å². The van der Waals surface area contributed by atoms with Gasteiger partial charge in [-0.15, -0.1) is 0 Å². The molecule has 7 heteroatoms. The predicted octanol–water partition coefficient (Wildman–Crippen LogP) is 0.623. The van der Waals surface area contributed by atoms with E-state index >= 15 is 0 Å². The lowest BCUT2D eigenvalue weighted by Gasteiger charge is -2.29. The van der Waals surface area contributed by atoms with Gasteiger partial charge < -0.3 is 19.2 Å². The van der Waals surface area contributed by atoms with Crippen molar-refractivity contribution in [2.75, 3.05) is 26.3 Å². The van der Waals surface area contributed by atoms with Crippen molar-refractivity contribution in [2.24, 2.45) is 0 Å². The monoisotopic (exact) mass is 296 g/mol. The van der Waals surface area contributed by atoms with Gasteiger partial charge in [-0.2, -0.15) is 0 Å². The Morgan fingerprint density at radius 1 is 1.43 bits per heavy atom. The molecule has 2 N–H and O–H groups in total. The van der Waals surface area contributed by atoms with Crippen LogP contribution in [0.3, 0.4) is 0 Å². The van der Waals surface area contributed by atoms with E-state index in [1.165, 1.54) is 0 Å². The van der Waals surface area contributed by atoms with E-state index in [-0.39, 0.29) is 17.7 Å². The number of nitrogens with zero attached hydrogens (tertiary/aromatic N) is 1. The number of ether oxygens (including phenoxy) is 1. The third-order valence-corrected chi connectivity index (χ3v) is 3.44. The largest absolute Gasteiger partial charge is 0.475 e. The summed E-state index contributed by atoms with van der Waals surface area (Å²) in [6.45, 7) is 6.12. The summed E-state index contributed by atoms with van der Waals surface area (Å²) in [4.78, 5) is 24.8. The van der Waals surface area contributed by atoms with Gasteiger partial charge in [0.15, 0.2) is 0 Å². The predicted molar refractivity (Wildman–Crippen MR) is 74.1 cm³/mol. The smallest absolute Gasteiger partial charge is 0.372 e. The first-order valence-electron chi connectivity index (χ1n) is 6.91. The number of furan rings is 1. The molecule has 2 heterocycles. The lowest BCUT2D eigenvalue weighted by molar-refractivity contribution is -0.137. The van der Waals surface area contributed by atoms with E-state index in [0.717, 1.165) is 0 Å². The zero-order valence-corrected chi connectivity index (χ0v) is 12.2. The third kappa shape index (κ3) is 3.83. The van der Waals surface area contributed by atoms with E-state index in [2.05, 4.69) is 5.32 Å². The van der Waals surface area contributed by atoms with Gasteiger partial charge >= 0.3 is 5.97 Å². The second kappa shape index (κ2) is 6.73. The van der Waals surface area contributed by atoms with E-state index < -0.39 is 5.97 Å². The number of hydrogen-bond donors (Lipinski definition) is 2. The molecule has 1 saturated heterocycles. The maximum atomic E-state index is 12.2. The number of hydrogen-bond acceptors (Lipinski definition) is 5. The molecule has 1 aliphatic rings.